The van der Waals surface area contributed by atoms with Crippen molar-refractivity contribution < 1.29 is 9.90 Å². The molecule has 1 atom stereocenters. The lowest BCUT2D eigenvalue weighted by Crippen LogP contribution is -2.45. The van der Waals surface area contributed by atoms with Gasteiger partial charge in [0.2, 0.25) is 0 Å². The highest BCUT2D eigenvalue weighted by atomic mass is 16.4. The lowest BCUT2D eigenvalue weighted by atomic mass is 10.0. The molecule has 1 N–H and O–H groups in total. The number of aliphatic carboxylic acids is 1. The van der Waals surface area contributed by atoms with Crippen molar-refractivity contribution in [2.45, 2.75) is 39.2 Å². The van der Waals surface area contributed by atoms with Crippen LogP contribution in [0, 0.1) is 5.92 Å². The Balaban J connectivity index is 2.27. The Hall–Kier alpha value is -0.610. The van der Waals surface area contributed by atoms with E-state index < -0.39 is 5.97 Å². The second kappa shape index (κ2) is 6.97. The summed E-state index contributed by atoms with van der Waals surface area (Å²) in [6, 6.07) is 0.444. The van der Waals surface area contributed by atoms with Crippen LogP contribution < -0.4 is 0 Å². The number of carboxylic acids is 1. The quantitative estimate of drug-likeness (QED) is 0.767. The van der Waals surface area contributed by atoms with Crippen LogP contribution >= 0.6 is 0 Å². The van der Waals surface area contributed by atoms with E-state index in [0.717, 1.165) is 31.8 Å². The van der Waals surface area contributed by atoms with Crippen molar-refractivity contribution in [1.29, 1.82) is 0 Å². The highest BCUT2D eigenvalue weighted by Gasteiger charge is 2.23. The third-order valence-electron chi connectivity index (χ3n) is 3.83. The van der Waals surface area contributed by atoms with E-state index in [-0.39, 0.29) is 6.54 Å². The molecule has 4 nitrogen and oxygen atoms in total. The van der Waals surface area contributed by atoms with Gasteiger partial charge in [0.15, 0.2) is 0 Å². The van der Waals surface area contributed by atoms with E-state index in [1.54, 1.807) is 0 Å². The first kappa shape index (κ1) is 14.5. The molecule has 0 aliphatic carbocycles. The van der Waals surface area contributed by atoms with Gasteiger partial charge in [-0.2, -0.15) is 0 Å². The Morgan fingerprint density at radius 1 is 1.47 bits per heavy atom. The topological polar surface area (TPSA) is 43.8 Å². The molecule has 0 saturated carbocycles. The molecule has 1 aliphatic heterocycles. The average molecular weight is 242 g/mol. The summed E-state index contributed by atoms with van der Waals surface area (Å²) in [5, 5.41) is 8.77. The fraction of sp³-hybridized carbons (Fsp3) is 0.923. The number of nitrogens with zero attached hydrogens (tertiary/aromatic N) is 2. The molecule has 1 fully saturated rings. The van der Waals surface area contributed by atoms with Crippen LogP contribution in [0.15, 0.2) is 0 Å². The lowest BCUT2D eigenvalue weighted by Gasteiger charge is -2.37. The van der Waals surface area contributed by atoms with Crippen LogP contribution in [0.1, 0.15) is 33.1 Å². The molecule has 1 saturated heterocycles. The highest BCUT2D eigenvalue weighted by molar-refractivity contribution is 5.69. The van der Waals surface area contributed by atoms with Crippen molar-refractivity contribution >= 4 is 5.97 Å². The monoisotopic (exact) mass is 242 g/mol. The zero-order valence-corrected chi connectivity index (χ0v) is 11.4. The molecule has 1 rings (SSSR count). The maximum Gasteiger partial charge on any atom is 0.317 e. The first-order valence-corrected chi connectivity index (χ1v) is 6.67. The minimum atomic E-state index is -0.727. The molecule has 0 radical (unpaired) electrons. The summed E-state index contributed by atoms with van der Waals surface area (Å²) >= 11 is 0. The van der Waals surface area contributed by atoms with Gasteiger partial charge in [0.1, 0.15) is 0 Å². The summed E-state index contributed by atoms with van der Waals surface area (Å²) in [7, 11) is 1.92. The molecular weight excluding hydrogens is 216 g/mol. The minimum Gasteiger partial charge on any atom is -0.480 e. The van der Waals surface area contributed by atoms with Gasteiger partial charge in [-0.1, -0.05) is 20.3 Å². The Labute approximate surface area is 105 Å². The molecule has 0 aromatic carbocycles. The zero-order chi connectivity index (χ0) is 12.8. The van der Waals surface area contributed by atoms with E-state index in [2.05, 4.69) is 18.7 Å². The Bertz CT molecular complexity index is 238. The first-order valence-electron chi connectivity index (χ1n) is 6.67. The predicted octanol–water partition coefficient (Wildman–Crippen LogP) is 1.51. The van der Waals surface area contributed by atoms with Crippen molar-refractivity contribution in [2.24, 2.45) is 5.92 Å². The summed E-state index contributed by atoms with van der Waals surface area (Å²) in [5.41, 5.74) is 0. The number of piperidine rings is 1. The van der Waals surface area contributed by atoms with Crippen LogP contribution in [0.5, 0.6) is 0 Å². The van der Waals surface area contributed by atoms with Crippen LogP contribution in [-0.2, 0) is 4.79 Å². The summed E-state index contributed by atoms with van der Waals surface area (Å²) in [6.45, 7) is 8.10. The summed E-state index contributed by atoms with van der Waals surface area (Å²) < 4.78 is 0. The van der Waals surface area contributed by atoms with Gasteiger partial charge in [-0.05, 0) is 38.9 Å². The largest absolute Gasteiger partial charge is 0.480 e. The predicted molar refractivity (Wildman–Crippen MR) is 69.2 cm³/mol. The van der Waals surface area contributed by atoms with Crippen LogP contribution in [0.25, 0.3) is 0 Å². The van der Waals surface area contributed by atoms with Crippen molar-refractivity contribution in [2.75, 3.05) is 33.2 Å². The minimum absolute atomic E-state index is 0.163. The number of hydrogen-bond acceptors (Lipinski definition) is 3. The molecule has 0 aromatic rings. The van der Waals surface area contributed by atoms with Gasteiger partial charge in [0.05, 0.1) is 6.54 Å². The number of rotatable bonds is 6. The second-order valence-corrected chi connectivity index (χ2v) is 5.35. The van der Waals surface area contributed by atoms with Crippen molar-refractivity contribution in [3.8, 4) is 0 Å². The van der Waals surface area contributed by atoms with E-state index in [0.29, 0.717) is 6.04 Å². The molecule has 1 aliphatic rings. The van der Waals surface area contributed by atoms with Crippen molar-refractivity contribution in [1.82, 2.24) is 9.80 Å². The second-order valence-electron chi connectivity index (χ2n) is 5.35. The van der Waals surface area contributed by atoms with Gasteiger partial charge in [-0.25, -0.2) is 0 Å². The van der Waals surface area contributed by atoms with Crippen LogP contribution in [0.4, 0.5) is 0 Å². The third-order valence-corrected chi connectivity index (χ3v) is 3.83. The molecule has 0 bridgehead atoms. The number of carbonyl (C=O) groups is 1. The molecule has 0 spiro atoms. The highest BCUT2D eigenvalue weighted by Crippen LogP contribution is 2.16. The van der Waals surface area contributed by atoms with Gasteiger partial charge in [-0.3, -0.25) is 9.69 Å². The molecule has 4 heteroatoms. The van der Waals surface area contributed by atoms with E-state index in [9.17, 15) is 4.79 Å². The molecule has 0 amide bonds. The van der Waals surface area contributed by atoms with Gasteiger partial charge in [0, 0.05) is 12.6 Å². The van der Waals surface area contributed by atoms with Crippen LogP contribution in [0.3, 0.4) is 0 Å². The van der Waals surface area contributed by atoms with Crippen LogP contribution in [0.2, 0.25) is 0 Å². The van der Waals surface area contributed by atoms with E-state index in [4.69, 9.17) is 5.11 Å². The summed E-state index contributed by atoms with van der Waals surface area (Å²) in [4.78, 5) is 15.1. The summed E-state index contributed by atoms with van der Waals surface area (Å²) in [6.07, 6.45) is 3.43. The van der Waals surface area contributed by atoms with Gasteiger partial charge >= 0.3 is 5.97 Å². The Kier molecular flexibility index (Phi) is 5.92. The van der Waals surface area contributed by atoms with Gasteiger partial charge in [-0.15, -0.1) is 0 Å². The third kappa shape index (κ3) is 5.04. The van der Waals surface area contributed by atoms with Crippen molar-refractivity contribution in [3.05, 3.63) is 0 Å². The Morgan fingerprint density at radius 2 is 2.06 bits per heavy atom. The molecule has 1 heterocycles. The fourth-order valence-electron chi connectivity index (χ4n) is 2.46. The average Bonchev–Trinajstić information content (AvgIpc) is 2.28. The van der Waals surface area contributed by atoms with Gasteiger partial charge < -0.3 is 10.0 Å². The normalized spacial score (nSPS) is 20.7. The SMILES string of the molecule is CCC(C)CN1CCC(N(C)CC(=O)O)CC1. The Morgan fingerprint density at radius 3 is 2.53 bits per heavy atom. The zero-order valence-electron chi connectivity index (χ0n) is 11.4. The van der Waals surface area contributed by atoms with E-state index in [1.807, 2.05) is 11.9 Å². The number of hydrogen-bond donors (Lipinski definition) is 1. The summed E-state index contributed by atoms with van der Waals surface area (Å²) in [5.74, 6) is 0.0397. The smallest absolute Gasteiger partial charge is 0.317 e. The maximum atomic E-state index is 10.6. The molecule has 17 heavy (non-hydrogen) atoms. The van der Waals surface area contributed by atoms with Crippen LogP contribution in [-0.4, -0.2) is 60.1 Å². The first-order chi connectivity index (χ1) is 8.02. The molecule has 0 aromatic heterocycles. The van der Waals surface area contributed by atoms with Gasteiger partial charge in [0.25, 0.3) is 0 Å². The van der Waals surface area contributed by atoms with Crippen molar-refractivity contribution in [3.63, 3.8) is 0 Å². The number of likely N-dealkylation sites (tertiary alicyclic amines) is 1. The molecule has 100 valence electrons. The lowest BCUT2D eigenvalue weighted by molar-refractivity contribution is -0.138. The fourth-order valence-corrected chi connectivity index (χ4v) is 2.46. The number of likely N-dealkylation sites (N-methyl/N-ethyl adjacent to an activating group) is 1. The van der Waals surface area contributed by atoms with E-state index >= 15 is 0 Å². The number of carboxylic acid groups (broad SMARTS) is 1. The standard InChI is InChI=1S/C13H26N2O2/c1-4-11(2)9-15-7-5-12(6-8-15)14(3)10-13(16)17/h11-12H,4-10H2,1-3H3,(H,16,17). The molecule has 1 unspecified atom stereocenters. The van der Waals surface area contributed by atoms with E-state index in [1.165, 1.54) is 13.0 Å². The molecular formula is C13H26N2O2. The maximum absolute atomic E-state index is 10.6.